The Balaban J connectivity index is 0.00000361. The second-order valence-corrected chi connectivity index (χ2v) is 5.73. The van der Waals surface area contributed by atoms with Gasteiger partial charge < -0.3 is 16.0 Å². The number of thioether (sulfide) groups is 1. The molecule has 1 aliphatic carbocycles. The van der Waals surface area contributed by atoms with Crippen molar-refractivity contribution in [3.63, 3.8) is 0 Å². The van der Waals surface area contributed by atoms with E-state index in [2.05, 4.69) is 27.2 Å². The molecule has 20 heavy (non-hydrogen) atoms. The Hall–Kier alpha value is -0.180. The Morgan fingerprint density at radius 3 is 2.55 bits per heavy atom. The van der Waals surface area contributed by atoms with E-state index in [0.717, 1.165) is 25.1 Å². The van der Waals surface area contributed by atoms with Gasteiger partial charge in [0.15, 0.2) is 5.96 Å². The first-order chi connectivity index (χ1) is 9.26. The molecule has 118 valence electrons. The number of nitrogens with zero attached hydrogens (tertiary/aromatic N) is 1. The second-order valence-electron chi connectivity index (χ2n) is 4.75. The maximum atomic E-state index is 11.8. The fourth-order valence-corrected chi connectivity index (χ4v) is 2.49. The number of guanidine groups is 1. The first-order valence-corrected chi connectivity index (χ1v) is 8.38. The number of amides is 1. The van der Waals surface area contributed by atoms with E-state index in [-0.39, 0.29) is 36.4 Å². The molecule has 1 aliphatic rings. The first-order valence-electron chi connectivity index (χ1n) is 6.99. The van der Waals surface area contributed by atoms with Gasteiger partial charge in [0.1, 0.15) is 0 Å². The van der Waals surface area contributed by atoms with Gasteiger partial charge in [-0.1, -0.05) is 19.3 Å². The van der Waals surface area contributed by atoms with Crippen LogP contribution in [0.5, 0.6) is 0 Å². The molecule has 0 bridgehead atoms. The van der Waals surface area contributed by atoms with Crippen molar-refractivity contribution in [1.82, 2.24) is 16.0 Å². The predicted octanol–water partition coefficient (Wildman–Crippen LogP) is 1.58. The monoisotopic (exact) mass is 414 g/mol. The van der Waals surface area contributed by atoms with Gasteiger partial charge in [-0.15, -0.1) is 24.0 Å². The van der Waals surface area contributed by atoms with Crippen LogP contribution in [0.15, 0.2) is 4.99 Å². The summed E-state index contributed by atoms with van der Waals surface area (Å²) in [5.74, 6) is 1.77. The van der Waals surface area contributed by atoms with E-state index >= 15 is 0 Å². The number of rotatable bonds is 6. The average Bonchev–Trinajstić information content (AvgIpc) is 2.44. The van der Waals surface area contributed by atoms with Crippen LogP contribution < -0.4 is 16.0 Å². The van der Waals surface area contributed by atoms with Gasteiger partial charge in [-0.3, -0.25) is 9.79 Å². The van der Waals surface area contributed by atoms with Crippen molar-refractivity contribution < 1.29 is 4.79 Å². The predicted molar refractivity (Wildman–Crippen MR) is 98.2 cm³/mol. The van der Waals surface area contributed by atoms with E-state index in [1.165, 1.54) is 19.3 Å². The summed E-state index contributed by atoms with van der Waals surface area (Å²) in [6.07, 6.45) is 8.07. The summed E-state index contributed by atoms with van der Waals surface area (Å²) in [4.78, 5) is 15.9. The van der Waals surface area contributed by atoms with Crippen LogP contribution in [0.4, 0.5) is 0 Å². The highest BCUT2D eigenvalue weighted by molar-refractivity contribution is 14.0. The Labute approximate surface area is 143 Å². The van der Waals surface area contributed by atoms with Gasteiger partial charge in [-0.05, 0) is 19.1 Å². The molecule has 0 saturated heterocycles. The normalized spacial score (nSPS) is 16.2. The molecule has 0 unspecified atom stereocenters. The van der Waals surface area contributed by atoms with E-state index < -0.39 is 0 Å². The third kappa shape index (κ3) is 8.89. The molecule has 0 aromatic carbocycles. The van der Waals surface area contributed by atoms with E-state index in [1.807, 2.05) is 0 Å². The maximum absolute atomic E-state index is 11.8. The van der Waals surface area contributed by atoms with Gasteiger partial charge in [0, 0.05) is 25.4 Å². The Morgan fingerprint density at radius 1 is 1.25 bits per heavy atom. The van der Waals surface area contributed by atoms with Gasteiger partial charge in [-0.25, -0.2) is 0 Å². The standard InChI is InChI=1S/C13H26N4OS.HI/c1-14-13(15-8-9-19-2)16-10-12(18)17-11-6-4-3-5-7-11;/h11H,3-10H2,1-2H3,(H,17,18)(H2,14,15,16);1H. The number of hydrogen-bond donors (Lipinski definition) is 3. The molecule has 0 aromatic rings. The fourth-order valence-electron chi connectivity index (χ4n) is 2.18. The molecule has 5 nitrogen and oxygen atoms in total. The summed E-state index contributed by atoms with van der Waals surface area (Å²) in [5, 5.41) is 9.28. The molecule has 1 saturated carbocycles. The van der Waals surface area contributed by atoms with Crippen molar-refractivity contribution in [2.24, 2.45) is 4.99 Å². The maximum Gasteiger partial charge on any atom is 0.239 e. The third-order valence-electron chi connectivity index (χ3n) is 3.21. The molecular weight excluding hydrogens is 387 g/mol. The molecule has 0 atom stereocenters. The quantitative estimate of drug-likeness (QED) is 0.267. The topological polar surface area (TPSA) is 65.5 Å². The molecule has 0 aromatic heterocycles. The van der Waals surface area contributed by atoms with Crippen molar-refractivity contribution in [2.45, 2.75) is 38.1 Å². The lowest BCUT2D eigenvalue weighted by molar-refractivity contribution is -0.120. The van der Waals surface area contributed by atoms with E-state index in [4.69, 9.17) is 0 Å². The van der Waals surface area contributed by atoms with Gasteiger partial charge in [0.2, 0.25) is 5.91 Å². The lowest BCUT2D eigenvalue weighted by Crippen LogP contribution is -2.46. The van der Waals surface area contributed by atoms with Gasteiger partial charge in [0.25, 0.3) is 0 Å². The molecule has 1 amide bonds. The Morgan fingerprint density at radius 2 is 1.95 bits per heavy atom. The number of carbonyl (C=O) groups excluding carboxylic acids is 1. The number of carbonyl (C=O) groups is 1. The molecular formula is C13H27IN4OS. The van der Waals surface area contributed by atoms with Crippen molar-refractivity contribution in [2.75, 3.05) is 32.1 Å². The smallest absolute Gasteiger partial charge is 0.239 e. The van der Waals surface area contributed by atoms with Crippen LogP contribution in [0, 0.1) is 0 Å². The molecule has 0 radical (unpaired) electrons. The molecule has 3 N–H and O–H groups in total. The van der Waals surface area contributed by atoms with Crippen molar-refractivity contribution >= 4 is 47.6 Å². The average molecular weight is 414 g/mol. The first kappa shape index (κ1) is 19.8. The van der Waals surface area contributed by atoms with Crippen molar-refractivity contribution in [3.05, 3.63) is 0 Å². The molecule has 7 heteroatoms. The summed E-state index contributed by atoms with van der Waals surface area (Å²) in [6, 6.07) is 0.370. The number of aliphatic imine (C=N–C) groups is 1. The molecule has 0 heterocycles. The Bertz CT molecular complexity index is 296. The minimum absolute atomic E-state index is 0. The number of nitrogens with one attached hydrogen (secondary N) is 3. The van der Waals surface area contributed by atoms with E-state index in [0.29, 0.717) is 12.0 Å². The van der Waals surface area contributed by atoms with Crippen LogP contribution in [-0.2, 0) is 4.79 Å². The van der Waals surface area contributed by atoms with Crippen LogP contribution in [0.3, 0.4) is 0 Å². The van der Waals surface area contributed by atoms with Crippen LogP contribution in [0.2, 0.25) is 0 Å². The Kier molecular flexibility index (Phi) is 12.4. The van der Waals surface area contributed by atoms with Crippen LogP contribution in [0.1, 0.15) is 32.1 Å². The van der Waals surface area contributed by atoms with Gasteiger partial charge in [0.05, 0.1) is 6.54 Å². The molecule has 1 rings (SSSR count). The number of hydrogen-bond acceptors (Lipinski definition) is 3. The van der Waals surface area contributed by atoms with E-state index in [1.54, 1.807) is 18.8 Å². The highest BCUT2D eigenvalue weighted by Crippen LogP contribution is 2.16. The van der Waals surface area contributed by atoms with Crippen molar-refractivity contribution in [3.8, 4) is 0 Å². The summed E-state index contributed by atoms with van der Waals surface area (Å²) in [6.45, 7) is 1.14. The van der Waals surface area contributed by atoms with Crippen molar-refractivity contribution in [1.29, 1.82) is 0 Å². The molecule has 0 spiro atoms. The third-order valence-corrected chi connectivity index (χ3v) is 3.82. The van der Waals surface area contributed by atoms with Gasteiger partial charge in [-0.2, -0.15) is 11.8 Å². The lowest BCUT2D eigenvalue weighted by Gasteiger charge is -2.23. The zero-order valence-electron chi connectivity index (χ0n) is 12.4. The lowest BCUT2D eigenvalue weighted by atomic mass is 9.95. The highest BCUT2D eigenvalue weighted by atomic mass is 127. The largest absolute Gasteiger partial charge is 0.356 e. The molecule has 0 aliphatic heterocycles. The van der Waals surface area contributed by atoms with Crippen LogP contribution in [-0.4, -0.2) is 50.1 Å². The molecule has 1 fully saturated rings. The summed E-state index contributed by atoms with van der Waals surface area (Å²) >= 11 is 1.78. The van der Waals surface area contributed by atoms with Crippen LogP contribution in [0.25, 0.3) is 0 Å². The summed E-state index contributed by atoms with van der Waals surface area (Å²) in [7, 11) is 1.72. The minimum atomic E-state index is 0. The highest BCUT2D eigenvalue weighted by Gasteiger charge is 2.15. The SMILES string of the molecule is CN=C(NCCSC)NCC(=O)NC1CCCCC1.I. The fraction of sp³-hybridized carbons (Fsp3) is 0.846. The summed E-state index contributed by atoms with van der Waals surface area (Å²) < 4.78 is 0. The number of halogens is 1. The van der Waals surface area contributed by atoms with Crippen LogP contribution >= 0.6 is 35.7 Å². The zero-order valence-corrected chi connectivity index (χ0v) is 15.6. The summed E-state index contributed by atoms with van der Waals surface area (Å²) in [5.41, 5.74) is 0. The zero-order chi connectivity index (χ0) is 13.9. The van der Waals surface area contributed by atoms with Gasteiger partial charge >= 0.3 is 0 Å². The van der Waals surface area contributed by atoms with E-state index in [9.17, 15) is 4.79 Å². The second kappa shape index (κ2) is 12.6. The minimum Gasteiger partial charge on any atom is -0.356 e.